The van der Waals surface area contributed by atoms with Crippen LogP contribution in [-0.4, -0.2) is 202 Å². The molecule has 0 unspecified atom stereocenters. The van der Waals surface area contributed by atoms with E-state index in [1.165, 1.54) is 11.8 Å². The zero-order valence-corrected chi connectivity index (χ0v) is 48.9. The number of halogens is 1. The summed E-state index contributed by atoms with van der Waals surface area (Å²) in [6.45, 7) is 18.1. The van der Waals surface area contributed by atoms with Gasteiger partial charge in [0.15, 0.2) is 22.4 Å². The van der Waals surface area contributed by atoms with Gasteiger partial charge in [-0.2, -0.15) is 0 Å². The van der Waals surface area contributed by atoms with Crippen LogP contribution in [0.3, 0.4) is 0 Å². The van der Waals surface area contributed by atoms with E-state index in [9.17, 15) is 43.1 Å². The molecule has 0 amide bonds. The maximum atomic E-state index is 14.6. The number of hydrogen-bond donors (Lipinski definition) is 5. The summed E-state index contributed by atoms with van der Waals surface area (Å²) in [4.78, 5) is 18.9. The van der Waals surface area contributed by atoms with Crippen LogP contribution in [0.5, 0.6) is 0 Å². The highest BCUT2D eigenvalue weighted by Gasteiger charge is 2.52. The molecule has 1 aromatic carbocycles. The minimum absolute atomic E-state index is 0.0170. The molecule has 0 bridgehead atoms. The number of rotatable bonds is 17. The predicted octanol–water partition coefficient (Wildman–Crippen LogP) is 4.82. The van der Waals surface area contributed by atoms with Crippen LogP contribution >= 0.6 is 0 Å². The number of ether oxygens (including phenoxy) is 6. The predicted molar refractivity (Wildman–Crippen MR) is 286 cm³/mol. The molecule has 3 saturated heterocycles. The summed E-state index contributed by atoms with van der Waals surface area (Å²) < 4.78 is 80.1. The lowest BCUT2D eigenvalue weighted by Gasteiger charge is -2.48. The highest BCUT2D eigenvalue weighted by atomic mass is 32.2. The topological polar surface area (TPSA) is 245 Å². The van der Waals surface area contributed by atoms with Gasteiger partial charge in [-0.1, -0.05) is 38.1 Å². The number of likely N-dealkylation sites (N-methyl/N-ethyl adjacent to an activating group) is 2. The first-order valence-corrected chi connectivity index (χ1v) is 29.7. The van der Waals surface area contributed by atoms with E-state index in [1.54, 1.807) is 72.0 Å². The third-order valence-electron chi connectivity index (χ3n) is 17.4. The maximum Gasteiger partial charge on any atom is 0.311 e. The molecular formula is C56H94FN5O14S. The van der Waals surface area contributed by atoms with Crippen molar-refractivity contribution in [1.29, 1.82) is 0 Å². The first-order valence-electron chi connectivity index (χ1n) is 28.1. The molecule has 1 aromatic heterocycles. The van der Waals surface area contributed by atoms with Gasteiger partial charge in [0.1, 0.15) is 30.6 Å². The van der Waals surface area contributed by atoms with Gasteiger partial charge >= 0.3 is 5.97 Å². The van der Waals surface area contributed by atoms with Crippen molar-refractivity contribution in [3.8, 4) is 0 Å². The zero-order chi connectivity index (χ0) is 56.9. The van der Waals surface area contributed by atoms with Gasteiger partial charge in [-0.05, 0) is 137 Å². The van der Waals surface area contributed by atoms with Gasteiger partial charge in [-0.25, -0.2) is 17.5 Å². The highest BCUT2D eigenvalue weighted by Crippen LogP contribution is 2.40. The lowest BCUT2D eigenvalue weighted by molar-refractivity contribution is -0.318. The number of sulfone groups is 1. The molecule has 3 aliphatic heterocycles. The summed E-state index contributed by atoms with van der Waals surface area (Å²) in [6.07, 6.45) is -4.12. The molecule has 5 N–H and O–H groups in total. The molecule has 21 heteroatoms. The normalized spacial score (nSPS) is 39.3. The SMILES string of the molecule is CC[C@H]1OC(=O)[C@H](C)[C@@H](O[C@H]2C[C@@](C)(OC)[C@@H](O)[C@H](C)O2)[C@H](C)[C@@H](O[C@@H]2O[C@H](C)C[C@H](N(C)CCc3cn([C@H](CF)Cc4ccc(S(=O)(=O)CC5CC5)cc4)nn3)[C@H]2O)[C@](C)(O)CC[C@@H](C)CN(C)[C@H](C)[C@@H](O)C[C@]1(C)O. The second-order valence-corrected chi connectivity index (χ2v) is 26.3. The number of benzene rings is 1. The molecule has 2 aromatic rings. The van der Waals surface area contributed by atoms with E-state index in [4.69, 9.17) is 28.4 Å². The van der Waals surface area contributed by atoms with Crippen molar-refractivity contribution in [1.82, 2.24) is 24.8 Å². The first kappa shape index (κ1) is 63.4. The maximum absolute atomic E-state index is 14.6. The van der Waals surface area contributed by atoms with Crippen LogP contribution in [-0.2, 0) is 55.9 Å². The van der Waals surface area contributed by atoms with Gasteiger partial charge < -0.3 is 63.8 Å². The number of nitrogens with zero attached hydrogens (tertiary/aromatic N) is 5. The standard InChI is InChI=1S/C56H94FN5O14S/c1-14-46-55(9,68)27-45(63)37(6)61(12)30-33(2)21-23-54(8,67)51(35(4)49(36(5)52(66)74-46)75-47-28-56(10,71-13)50(65)38(7)73-47)76-53-48(64)44(25-34(3)72-53)60(11)24-22-41-31-62(59-58-41)42(29-57)26-39-17-19-43(20-18-39)77(69,70)32-40-15-16-40/h17-20,31,33-38,40,42,44-51,53,63-65,67-68H,14-16,21-30,32H2,1-13H3/t33-,34-,35+,36-,37-,38+,42+,44+,45+,46-,47+,48-,49+,50+,51-,53+,54-,55+,56-/m1/s1. The number of alkyl halides is 1. The average Bonchev–Trinajstić information content (AvgIpc) is 4.06. The Balaban J connectivity index is 1.24. The highest BCUT2D eigenvalue weighted by molar-refractivity contribution is 7.91. The summed E-state index contributed by atoms with van der Waals surface area (Å²) in [6, 6.07) is 5.10. The smallest absolute Gasteiger partial charge is 0.311 e. The number of cyclic esters (lactones) is 1. The van der Waals surface area contributed by atoms with Gasteiger partial charge in [-0.3, -0.25) is 4.79 Å². The van der Waals surface area contributed by atoms with Crippen molar-refractivity contribution in [2.45, 2.75) is 235 Å². The van der Waals surface area contributed by atoms with E-state index in [0.29, 0.717) is 38.0 Å². The number of aromatic nitrogens is 3. The molecule has 19 nitrogen and oxygen atoms in total. The largest absolute Gasteiger partial charge is 0.459 e. The van der Waals surface area contributed by atoms with E-state index in [-0.39, 0.29) is 60.6 Å². The van der Waals surface area contributed by atoms with E-state index >= 15 is 0 Å². The molecule has 19 atom stereocenters. The quantitative estimate of drug-likeness (QED) is 0.133. The fourth-order valence-electron chi connectivity index (χ4n) is 11.8. The van der Waals surface area contributed by atoms with Crippen molar-refractivity contribution >= 4 is 15.8 Å². The van der Waals surface area contributed by atoms with Crippen molar-refractivity contribution < 1.29 is 71.6 Å². The third-order valence-corrected chi connectivity index (χ3v) is 19.3. The lowest BCUT2D eigenvalue weighted by atomic mass is 9.78. The van der Waals surface area contributed by atoms with Crippen LogP contribution in [0, 0.1) is 23.7 Å². The Labute approximate surface area is 457 Å². The number of hydrogen-bond acceptors (Lipinski definition) is 18. The number of carbonyl (C=O) groups excluding carboxylic acids is 1. The Morgan fingerprint density at radius 2 is 1.64 bits per heavy atom. The lowest BCUT2D eigenvalue weighted by Crippen LogP contribution is -2.60. The van der Waals surface area contributed by atoms with Crippen LogP contribution in [0.2, 0.25) is 0 Å². The van der Waals surface area contributed by atoms with Crippen molar-refractivity contribution in [2.75, 3.05) is 46.7 Å². The second-order valence-electron chi connectivity index (χ2n) is 24.3. The van der Waals surface area contributed by atoms with Crippen LogP contribution in [0.25, 0.3) is 0 Å². The molecule has 6 rings (SSSR count). The Bertz CT molecular complexity index is 2290. The van der Waals surface area contributed by atoms with Crippen LogP contribution < -0.4 is 0 Å². The molecule has 4 heterocycles. The molecule has 4 fully saturated rings. The molecule has 0 spiro atoms. The Hall–Kier alpha value is -2.77. The monoisotopic (exact) mass is 1110 g/mol. The summed E-state index contributed by atoms with van der Waals surface area (Å²) >= 11 is 0. The summed E-state index contributed by atoms with van der Waals surface area (Å²) in [5, 5.41) is 68.2. The zero-order valence-electron chi connectivity index (χ0n) is 48.0. The third kappa shape index (κ3) is 16.0. The van der Waals surface area contributed by atoms with E-state index in [2.05, 4.69) is 17.2 Å². The minimum atomic E-state index is -3.37. The number of aliphatic hydroxyl groups excluding tert-OH is 3. The van der Waals surface area contributed by atoms with Gasteiger partial charge in [-0.15, -0.1) is 5.10 Å². The fourth-order valence-corrected chi connectivity index (χ4v) is 13.5. The summed E-state index contributed by atoms with van der Waals surface area (Å²) in [7, 11) is 1.91. The number of aliphatic hydroxyl groups is 5. The molecule has 440 valence electrons. The van der Waals surface area contributed by atoms with Gasteiger partial charge in [0.25, 0.3) is 0 Å². The summed E-state index contributed by atoms with van der Waals surface area (Å²) in [5.41, 5.74) is -2.93. The van der Waals surface area contributed by atoms with Crippen molar-refractivity contribution in [3.63, 3.8) is 0 Å². The van der Waals surface area contributed by atoms with E-state index in [0.717, 1.165) is 18.4 Å². The van der Waals surface area contributed by atoms with E-state index < -0.39 is 125 Å². The molecule has 4 aliphatic rings. The minimum Gasteiger partial charge on any atom is -0.459 e. The van der Waals surface area contributed by atoms with Crippen molar-refractivity contribution in [2.24, 2.45) is 23.7 Å². The number of carbonyl (C=O) groups is 1. The number of esters is 1. The van der Waals surface area contributed by atoms with Gasteiger partial charge in [0, 0.05) is 63.7 Å². The van der Waals surface area contributed by atoms with Crippen LogP contribution in [0.4, 0.5) is 4.39 Å². The molecule has 0 radical (unpaired) electrons. The van der Waals surface area contributed by atoms with Crippen LogP contribution in [0.1, 0.15) is 138 Å². The fraction of sp³-hybridized carbons (Fsp3) is 0.839. The first-order chi connectivity index (χ1) is 36.0. The number of methoxy groups -OCH3 is 1. The molecular weight excluding hydrogens is 1020 g/mol. The summed E-state index contributed by atoms with van der Waals surface area (Å²) in [5.74, 6) is -2.21. The molecule has 1 saturated carbocycles. The van der Waals surface area contributed by atoms with Crippen molar-refractivity contribution in [3.05, 3.63) is 41.7 Å². The Morgan fingerprint density at radius 1 is 0.961 bits per heavy atom. The Morgan fingerprint density at radius 3 is 2.26 bits per heavy atom. The Kier molecular flexibility index (Phi) is 21.8. The van der Waals surface area contributed by atoms with Gasteiger partial charge in [0.05, 0.1) is 70.0 Å². The molecule has 77 heavy (non-hydrogen) atoms. The van der Waals surface area contributed by atoms with Gasteiger partial charge in [0.2, 0.25) is 0 Å². The van der Waals surface area contributed by atoms with Crippen LogP contribution in [0.15, 0.2) is 35.4 Å². The average molecular weight is 1110 g/mol. The molecule has 1 aliphatic carbocycles. The van der Waals surface area contributed by atoms with E-state index in [1.807, 2.05) is 44.7 Å². The second kappa shape index (κ2) is 26.4.